The number of benzene rings is 2. The van der Waals surface area contributed by atoms with Crippen LogP contribution < -0.4 is 4.74 Å². The largest absolute Gasteiger partial charge is 0.573 e. The maximum absolute atomic E-state index is 12.5. The molecule has 0 radical (unpaired) electrons. The van der Waals surface area contributed by atoms with E-state index in [9.17, 15) is 22.8 Å². The minimum atomic E-state index is -4.87. The van der Waals surface area contributed by atoms with Crippen LogP contribution in [0, 0.1) is 0 Å². The Kier molecular flexibility index (Phi) is 4.73. The Morgan fingerprint density at radius 3 is 2.38 bits per heavy atom. The van der Waals surface area contributed by atoms with Crippen molar-refractivity contribution < 1.29 is 27.5 Å². The van der Waals surface area contributed by atoms with Crippen LogP contribution in [0.5, 0.6) is 5.75 Å². The molecule has 0 atom stereocenters. The van der Waals surface area contributed by atoms with Gasteiger partial charge in [0, 0.05) is 23.6 Å². The molecule has 2 aromatic carbocycles. The first-order valence-electron chi connectivity index (χ1n) is 7.41. The summed E-state index contributed by atoms with van der Waals surface area (Å²) in [4.78, 5) is 23.3. The molecule has 0 amide bonds. The highest BCUT2D eigenvalue weighted by Crippen LogP contribution is 2.30. The average Bonchev–Trinajstić information content (AvgIpc) is 2.91. The molecule has 4 nitrogen and oxygen atoms in total. The highest BCUT2D eigenvalue weighted by molar-refractivity contribution is 6.83. The number of rotatable bonds is 5. The molecule has 0 N–H and O–H groups in total. The zero-order valence-electron chi connectivity index (χ0n) is 13.1. The topological polar surface area (TPSA) is 48.3 Å². The molecule has 0 spiro atoms. The van der Waals surface area contributed by atoms with Crippen LogP contribution in [0.4, 0.5) is 13.2 Å². The van der Waals surface area contributed by atoms with E-state index >= 15 is 0 Å². The van der Waals surface area contributed by atoms with Crippen molar-refractivity contribution in [1.29, 1.82) is 0 Å². The van der Waals surface area contributed by atoms with Gasteiger partial charge in [-0.25, -0.2) is 0 Å². The smallest absolute Gasteiger partial charge is 0.406 e. The first-order valence-corrected chi connectivity index (χ1v) is 7.79. The highest BCUT2D eigenvalue weighted by atomic mass is 35.5. The summed E-state index contributed by atoms with van der Waals surface area (Å²) < 4.78 is 42.9. The first kappa shape index (κ1) is 18.0. The lowest BCUT2D eigenvalue weighted by Gasteiger charge is -2.10. The third kappa shape index (κ3) is 3.88. The summed E-state index contributed by atoms with van der Waals surface area (Å²) in [6.07, 6.45) is -3.47. The molecule has 26 heavy (non-hydrogen) atoms. The Hall–Kier alpha value is -2.80. The average molecular weight is 382 g/mol. The number of alkyl halides is 3. The van der Waals surface area contributed by atoms with Gasteiger partial charge in [-0.1, -0.05) is 30.3 Å². The van der Waals surface area contributed by atoms with Crippen LogP contribution in [-0.2, 0) is 11.3 Å². The number of nitrogens with zero attached hydrogens (tertiary/aromatic N) is 1. The summed E-state index contributed by atoms with van der Waals surface area (Å²) in [5, 5.41) is -1.06. The molecule has 1 aromatic heterocycles. The lowest BCUT2D eigenvalue weighted by atomic mass is 10.1. The number of Topliss-reactive ketones (excluding diaryl/α,β-unsaturated/α-hetero) is 1. The standard InChI is InChI=1S/C18H11ClF3NO3/c19-17(25)16(24)14-10-23(9-11-4-2-1-3-5-11)15-7-6-12(8-13(14)15)26-18(20,21)22/h1-8,10H,9H2. The van der Waals surface area contributed by atoms with E-state index in [0.717, 1.165) is 17.7 Å². The first-order chi connectivity index (χ1) is 12.2. The number of hydrogen-bond donors (Lipinski definition) is 0. The van der Waals surface area contributed by atoms with Gasteiger partial charge < -0.3 is 9.30 Å². The second-order valence-electron chi connectivity index (χ2n) is 5.49. The molecule has 3 rings (SSSR count). The zero-order chi connectivity index (χ0) is 18.9. The van der Waals surface area contributed by atoms with E-state index in [-0.39, 0.29) is 10.9 Å². The third-order valence-corrected chi connectivity index (χ3v) is 3.88. The molecule has 0 fully saturated rings. The van der Waals surface area contributed by atoms with Crippen LogP contribution in [0.25, 0.3) is 10.9 Å². The maximum Gasteiger partial charge on any atom is 0.573 e. The van der Waals surface area contributed by atoms with Crippen molar-refractivity contribution >= 4 is 33.5 Å². The third-order valence-electron chi connectivity index (χ3n) is 3.71. The molecule has 0 aliphatic heterocycles. The number of fused-ring (bicyclic) bond motifs is 1. The number of ether oxygens (including phenoxy) is 1. The van der Waals surface area contributed by atoms with Gasteiger partial charge in [-0.15, -0.1) is 13.2 Å². The molecule has 0 bridgehead atoms. The number of carbonyl (C=O) groups is 2. The van der Waals surface area contributed by atoms with E-state index in [0.29, 0.717) is 12.1 Å². The Labute approximate surface area is 150 Å². The van der Waals surface area contributed by atoms with E-state index < -0.39 is 23.1 Å². The second-order valence-corrected chi connectivity index (χ2v) is 5.83. The predicted octanol–water partition coefficient (Wildman–Crippen LogP) is 4.54. The van der Waals surface area contributed by atoms with Gasteiger partial charge in [0.1, 0.15) is 5.75 Å². The molecule has 0 unspecified atom stereocenters. The molecule has 8 heteroatoms. The van der Waals surface area contributed by atoms with Crippen molar-refractivity contribution in [3.05, 3.63) is 65.9 Å². The predicted molar refractivity (Wildman–Crippen MR) is 89.4 cm³/mol. The number of ketones is 1. The van der Waals surface area contributed by atoms with E-state index in [1.165, 1.54) is 12.3 Å². The van der Waals surface area contributed by atoms with Crippen LogP contribution in [0.2, 0.25) is 0 Å². The van der Waals surface area contributed by atoms with Crippen LogP contribution in [0.1, 0.15) is 15.9 Å². The fourth-order valence-electron chi connectivity index (χ4n) is 2.67. The van der Waals surface area contributed by atoms with Crippen LogP contribution >= 0.6 is 11.6 Å². The number of aromatic nitrogens is 1. The fraction of sp³-hybridized carbons (Fsp3) is 0.111. The van der Waals surface area contributed by atoms with Gasteiger partial charge >= 0.3 is 6.36 Å². The Morgan fingerprint density at radius 1 is 1.08 bits per heavy atom. The Morgan fingerprint density at radius 2 is 1.77 bits per heavy atom. The quantitative estimate of drug-likeness (QED) is 0.370. The van der Waals surface area contributed by atoms with Gasteiger partial charge in [0.2, 0.25) is 5.78 Å². The molecule has 0 aliphatic rings. The Balaban J connectivity index is 2.11. The number of carbonyl (C=O) groups excluding carboxylic acids is 2. The summed E-state index contributed by atoms with van der Waals surface area (Å²) >= 11 is 5.27. The Bertz CT molecular complexity index is 981. The lowest BCUT2D eigenvalue weighted by Crippen LogP contribution is -2.17. The van der Waals surface area contributed by atoms with E-state index in [4.69, 9.17) is 11.6 Å². The fourth-order valence-corrected chi connectivity index (χ4v) is 2.77. The molecule has 1 heterocycles. The van der Waals surface area contributed by atoms with Gasteiger partial charge in [-0.2, -0.15) is 0 Å². The minimum absolute atomic E-state index is 0.0800. The monoisotopic (exact) mass is 381 g/mol. The van der Waals surface area contributed by atoms with Crippen LogP contribution in [0.3, 0.4) is 0 Å². The molecular formula is C18H11ClF3NO3. The van der Waals surface area contributed by atoms with Crippen LogP contribution in [0.15, 0.2) is 54.7 Å². The van der Waals surface area contributed by atoms with Crippen molar-refractivity contribution in [3.8, 4) is 5.75 Å². The van der Waals surface area contributed by atoms with Crippen molar-refractivity contribution in [1.82, 2.24) is 4.57 Å². The zero-order valence-corrected chi connectivity index (χ0v) is 13.8. The SMILES string of the molecule is O=C(Cl)C(=O)c1cn(Cc2ccccc2)c2ccc(OC(F)(F)F)cc12. The normalized spacial score (nSPS) is 11.5. The number of halogens is 4. The van der Waals surface area contributed by atoms with Crippen molar-refractivity contribution in [2.75, 3.05) is 0 Å². The number of hydrogen-bond acceptors (Lipinski definition) is 3. The van der Waals surface area contributed by atoms with E-state index in [1.54, 1.807) is 4.57 Å². The van der Waals surface area contributed by atoms with Gasteiger partial charge in [-0.3, -0.25) is 9.59 Å². The van der Waals surface area contributed by atoms with Crippen molar-refractivity contribution in [2.45, 2.75) is 12.9 Å². The molecule has 0 aliphatic carbocycles. The summed E-state index contributed by atoms with van der Waals surface area (Å²) in [6, 6.07) is 12.9. The van der Waals surface area contributed by atoms with Crippen molar-refractivity contribution in [3.63, 3.8) is 0 Å². The molecule has 0 saturated carbocycles. The van der Waals surface area contributed by atoms with Gasteiger partial charge in [0.15, 0.2) is 0 Å². The van der Waals surface area contributed by atoms with Gasteiger partial charge in [0.05, 0.1) is 5.56 Å². The van der Waals surface area contributed by atoms with E-state index in [1.807, 2.05) is 30.3 Å². The summed E-state index contributed by atoms with van der Waals surface area (Å²) in [6.45, 7) is 0.362. The molecule has 3 aromatic rings. The molecule has 134 valence electrons. The van der Waals surface area contributed by atoms with Gasteiger partial charge in [0.25, 0.3) is 5.24 Å². The summed E-state index contributed by atoms with van der Waals surface area (Å²) in [5.41, 5.74) is 1.31. The summed E-state index contributed by atoms with van der Waals surface area (Å²) in [5.74, 6) is -1.48. The minimum Gasteiger partial charge on any atom is -0.406 e. The maximum atomic E-state index is 12.5. The van der Waals surface area contributed by atoms with E-state index in [2.05, 4.69) is 4.74 Å². The second kappa shape index (κ2) is 6.84. The van der Waals surface area contributed by atoms with Crippen molar-refractivity contribution in [2.24, 2.45) is 0 Å². The molecular weight excluding hydrogens is 371 g/mol. The van der Waals surface area contributed by atoms with Gasteiger partial charge in [-0.05, 0) is 35.4 Å². The summed E-state index contributed by atoms with van der Waals surface area (Å²) in [7, 11) is 0. The molecule has 0 saturated heterocycles. The highest BCUT2D eigenvalue weighted by Gasteiger charge is 2.31. The van der Waals surface area contributed by atoms with Crippen LogP contribution in [-0.4, -0.2) is 22.0 Å². The lowest BCUT2D eigenvalue weighted by molar-refractivity contribution is -0.274.